The Bertz CT molecular complexity index is 303. The molecule has 0 aromatic heterocycles. The molecule has 0 aliphatic carbocycles. The number of anilines is 1. The molecule has 4 heteroatoms. The summed E-state index contributed by atoms with van der Waals surface area (Å²) in [4.78, 5) is 12.8. The van der Waals surface area contributed by atoms with E-state index < -0.39 is 0 Å². The van der Waals surface area contributed by atoms with Gasteiger partial charge >= 0.3 is 5.97 Å². The topological polar surface area (TPSA) is 29.5 Å². The van der Waals surface area contributed by atoms with E-state index in [9.17, 15) is 4.79 Å². The molecule has 0 N–H and O–H groups in total. The van der Waals surface area contributed by atoms with Crippen molar-refractivity contribution in [2.75, 3.05) is 24.6 Å². The van der Waals surface area contributed by atoms with Crippen LogP contribution in [0.15, 0.2) is 30.3 Å². The third-order valence-corrected chi connectivity index (χ3v) is 2.17. The van der Waals surface area contributed by atoms with Crippen LogP contribution in [0.5, 0.6) is 0 Å². The molecule has 0 aliphatic rings. The molecule has 0 radical (unpaired) electrons. The second-order valence-electron chi connectivity index (χ2n) is 3.26. The van der Waals surface area contributed by atoms with Gasteiger partial charge in [0.15, 0.2) is 0 Å². The maximum Gasteiger partial charge on any atom is 0.302 e. The van der Waals surface area contributed by atoms with Crippen LogP contribution in [-0.2, 0) is 9.53 Å². The van der Waals surface area contributed by atoms with Gasteiger partial charge in [0.25, 0.3) is 0 Å². The molecule has 0 amide bonds. The molecule has 90 valence electrons. The predicted molar refractivity (Wildman–Crippen MR) is 68.2 cm³/mol. The van der Waals surface area contributed by atoms with E-state index in [1.54, 1.807) is 0 Å². The maximum absolute atomic E-state index is 10.6. The van der Waals surface area contributed by atoms with Crippen molar-refractivity contribution in [3.63, 3.8) is 0 Å². The first kappa shape index (κ1) is 14.8. The smallest absolute Gasteiger partial charge is 0.302 e. The third-order valence-electron chi connectivity index (χ3n) is 2.17. The number of nitrogens with zero attached hydrogens (tertiary/aromatic N) is 1. The van der Waals surface area contributed by atoms with E-state index in [1.807, 2.05) is 18.2 Å². The van der Waals surface area contributed by atoms with Crippen LogP contribution in [0.4, 0.5) is 5.69 Å². The van der Waals surface area contributed by atoms with Crippen LogP contribution in [0.1, 0.15) is 13.8 Å². The monoisotopic (exact) mass is 243 g/mol. The number of para-hydroxylation sites is 1. The van der Waals surface area contributed by atoms with Crippen molar-refractivity contribution in [1.29, 1.82) is 0 Å². The Morgan fingerprint density at radius 2 is 1.94 bits per heavy atom. The molecular weight excluding hydrogens is 226 g/mol. The lowest BCUT2D eigenvalue weighted by Crippen LogP contribution is -2.27. The molecule has 1 rings (SSSR count). The summed E-state index contributed by atoms with van der Waals surface area (Å²) in [5, 5.41) is 0. The number of likely N-dealkylation sites (N-methyl/N-ethyl adjacent to an activating group) is 1. The zero-order valence-electron chi connectivity index (χ0n) is 9.68. The lowest BCUT2D eigenvalue weighted by Gasteiger charge is -2.22. The van der Waals surface area contributed by atoms with Gasteiger partial charge < -0.3 is 9.64 Å². The molecule has 3 nitrogen and oxygen atoms in total. The first-order chi connectivity index (χ1) is 7.24. The summed E-state index contributed by atoms with van der Waals surface area (Å²) in [6.07, 6.45) is 0. The SMILES string of the molecule is CCN(CCOC(C)=O)c1ccccc1.Cl. The van der Waals surface area contributed by atoms with E-state index >= 15 is 0 Å². The Labute approximate surface area is 103 Å². The Hall–Kier alpha value is -1.22. The average molecular weight is 244 g/mol. The number of hydrogen-bond acceptors (Lipinski definition) is 3. The predicted octanol–water partition coefficient (Wildman–Crippen LogP) is 2.50. The minimum Gasteiger partial charge on any atom is -0.464 e. The van der Waals surface area contributed by atoms with Gasteiger partial charge in [-0.05, 0) is 19.1 Å². The number of carbonyl (C=O) groups is 1. The fraction of sp³-hybridized carbons (Fsp3) is 0.417. The summed E-state index contributed by atoms with van der Waals surface area (Å²) < 4.78 is 4.92. The first-order valence-electron chi connectivity index (χ1n) is 5.17. The standard InChI is InChI=1S/C12H17NO2.ClH/c1-3-13(9-10-15-11(2)14)12-7-5-4-6-8-12;/h4-8H,3,9-10H2,1-2H3;1H. The van der Waals surface area contributed by atoms with Gasteiger partial charge in [-0.2, -0.15) is 0 Å². The Morgan fingerprint density at radius 3 is 2.44 bits per heavy atom. The van der Waals surface area contributed by atoms with Crippen LogP contribution >= 0.6 is 12.4 Å². The molecule has 16 heavy (non-hydrogen) atoms. The third kappa shape index (κ3) is 5.03. The fourth-order valence-corrected chi connectivity index (χ4v) is 1.41. The maximum atomic E-state index is 10.6. The van der Waals surface area contributed by atoms with Crippen molar-refractivity contribution in [2.24, 2.45) is 0 Å². The van der Waals surface area contributed by atoms with Gasteiger partial charge in [-0.15, -0.1) is 12.4 Å². The van der Waals surface area contributed by atoms with Crippen LogP contribution in [0.3, 0.4) is 0 Å². The molecule has 1 aromatic rings. The van der Waals surface area contributed by atoms with Crippen LogP contribution < -0.4 is 4.90 Å². The number of ether oxygens (including phenoxy) is 1. The van der Waals surface area contributed by atoms with Crippen LogP contribution in [0.25, 0.3) is 0 Å². The number of hydrogen-bond donors (Lipinski definition) is 0. The van der Waals surface area contributed by atoms with Crippen LogP contribution in [0, 0.1) is 0 Å². The van der Waals surface area contributed by atoms with Gasteiger partial charge in [-0.25, -0.2) is 0 Å². The second kappa shape index (κ2) is 7.99. The molecule has 0 aliphatic heterocycles. The van der Waals surface area contributed by atoms with E-state index in [0.29, 0.717) is 6.61 Å². The highest BCUT2D eigenvalue weighted by Gasteiger charge is 2.03. The molecule has 0 fully saturated rings. The van der Waals surface area contributed by atoms with Crippen molar-refractivity contribution in [1.82, 2.24) is 0 Å². The first-order valence-corrected chi connectivity index (χ1v) is 5.17. The number of esters is 1. The molecule has 0 saturated carbocycles. The number of benzene rings is 1. The van der Waals surface area contributed by atoms with Gasteiger partial charge in [0, 0.05) is 19.2 Å². The summed E-state index contributed by atoms with van der Waals surface area (Å²) in [5.74, 6) is -0.223. The molecule has 0 saturated heterocycles. The molecule has 0 heterocycles. The highest BCUT2D eigenvalue weighted by molar-refractivity contribution is 5.85. The minimum absolute atomic E-state index is 0. The van der Waals surface area contributed by atoms with Crippen molar-refractivity contribution in [3.05, 3.63) is 30.3 Å². The van der Waals surface area contributed by atoms with Crippen molar-refractivity contribution in [3.8, 4) is 0 Å². The molecule has 0 atom stereocenters. The Kier molecular flexibility index (Phi) is 7.38. The van der Waals surface area contributed by atoms with Gasteiger partial charge in [0.05, 0.1) is 6.54 Å². The Morgan fingerprint density at radius 1 is 1.31 bits per heavy atom. The minimum atomic E-state index is -0.223. The highest BCUT2D eigenvalue weighted by Crippen LogP contribution is 2.11. The molecular formula is C12H18ClNO2. The van der Waals surface area contributed by atoms with E-state index in [4.69, 9.17) is 4.74 Å². The van der Waals surface area contributed by atoms with Crippen LogP contribution in [0.2, 0.25) is 0 Å². The van der Waals surface area contributed by atoms with Crippen molar-refractivity contribution < 1.29 is 9.53 Å². The highest BCUT2D eigenvalue weighted by atomic mass is 35.5. The summed E-state index contributed by atoms with van der Waals surface area (Å²) in [5.41, 5.74) is 1.16. The van der Waals surface area contributed by atoms with E-state index in [1.165, 1.54) is 6.92 Å². The number of carbonyl (C=O) groups excluding carboxylic acids is 1. The van der Waals surface area contributed by atoms with Crippen molar-refractivity contribution >= 4 is 24.1 Å². The average Bonchev–Trinajstić information content (AvgIpc) is 2.25. The lowest BCUT2D eigenvalue weighted by atomic mass is 10.3. The Balaban J connectivity index is 0.00000225. The number of halogens is 1. The molecule has 1 aromatic carbocycles. The van der Waals surface area contributed by atoms with Gasteiger partial charge in [-0.1, -0.05) is 18.2 Å². The molecule has 0 spiro atoms. The van der Waals surface area contributed by atoms with E-state index in [0.717, 1.165) is 18.8 Å². The van der Waals surface area contributed by atoms with Crippen LogP contribution in [-0.4, -0.2) is 25.7 Å². The summed E-state index contributed by atoms with van der Waals surface area (Å²) in [7, 11) is 0. The zero-order valence-corrected chi connectivity index (χ0v) is 10.5. The summed E-state index contributed by atoms with van der Waals surface area (Å²) in [6.45, 7) is 5.60. The lowest BCUT2D eigenvalue weighted by molar-refractivity contribution is -0.140. The van der Waals surface area contributed by atoms with E-state index in [2.05, 4.69) is 24.0 Å². The van der Waals surface area contributed by atoms with Gasteiger partial charge in [0.2, 0.25) is 0 Å². The van der Waals surface area contributed by atoms with Gasteiger partial charge in [0.1, 0.15) is 6.61 Å². The second-order valence-corrected chi connectivity index (χ2v) is 3.26. The quantitative estimate of drug-likeness (QED) is 0.745. The normalized spacial score (nSPS) is 9.12. The molecule has 0 bridgehead atoms. The van der Waals surface area contributed by atoms with E-state index in [-0.39, 0.29) is 18.4 Å². The van der Waals surface area contributed by atoms with Crippen molar-refractivity contribution in [2.45, 2.75) is 13.8 Å². The fourth-order valence-electron chi connectivity index (χ4n) is 1.41. The summed E-state index contributed by atoms with van der Waals surface area (Å²) >= 11 is 0. The van der Waals surface area contributed by atoms with Gasteiger partial charge in [-0.3, -0.25) is 4.79 Å². The zero-order chi connectivity index (χ0) is 11.1. The number of rotatable bonds is 5. The molecule has 0 unspecified atom stereocenters. The largest absolute Gasteiger partial charge is 0.464 e. The summed E-state index contributed by atoms with van der Waals surface area (Å²) in [6, 6.07) is 10.1.